The van der Waals surface area contributed by atoms with Gasteiger partial charge in [0.05, 0.1) is 12.7 Å². The van der Waals surface area contributed by atoms with Crippen molar-refractivity contribution in [2.45, 2.75) is 26.2 Å². The lowest BCUT2D eigenvalue weighted by atomic mass is 9.97. The van der Waals surface area contributed by atoms with Crippen LogP contribution in [0.15, 0.2) is 36.7 Å². The molecule has 150 valence electrons. The van der Waals surface area contributed by atoms with Crippen molar-refractivity contribution in [1.29, 1.82) is 0 Å². The molecule has 0 spiro atoms. The average Bonchev–Trinajstić information content (AvgIpc) is 2.72. The monoisotopic (exact) mass is 382 g/mol. The predicted octanol–water partition coefficient (Wildman–Crippen LogP) is 2.82. The van der Waals surface area contributed by atoms with Gasteiger partial charge in [-0.1, -0.05) is 18.2 Å². The number of methoxy groups -OCH3 is 1. The smallest absolute Gasteiger partial charge is 0.256 e. The minimum Gasteiger partial charge on any atom is -0.496 e. The van der Waals surface area contributed by atoms with E-state index >= 15 is 0 Å². The minimum absolute atomic E-state index is 0.00820. The van der Waals surface area contributed by atoms with E-state index in [2.05, 4.69) is 27.0 Å². The van der Waals surface area contributed by atoms with Gasteiger partial charge in [0, 0.05) is 39.1 Å². The Labute approximate surface area is 167 Å². The van der Waals surface area contributed by atoms with E-state index in [1.54, 1.807) is 19.5 Å². The number of carbonyl (C=O) groups excluding carboxylic acids is 1. The number of aryl methyl sites for hydroxylation is 1. The maximum atomic E-state index is 12.6. The van der Waals surface area contributed by atoms with Crippen LogP contribution in [0.3, 0.4) is 0 Å². The number of rotatable bonds is 7. The fraction of sp³-hybridized carbons (Fsp3) is 0.500. The van der Waals surface area contributed by atoms with Gasteiger partial charge in [-0.2, -0.15) is 0 Å². The van der Waals surface area contributed by atoms with Crippen LogP contribution in [0, 0.1) is 12.8 Å². The highest BCUT2D eigenvalue weighted by Gasteiger charge is 2.23. The van der Waals surface area contributed by atoms with Crippen LogP contribution in [0.5, 0.6) is 5.75 Å². The molecule has 0 N–H and O–H groups in total. The summed E-state index contributed by atoms with van der Waals surface area (Å²) in [5, 5.41) is 0. The van der Waals surface area contributed by atoms with Crippen molar-refractivity contribution < 1.29 is 9.53 Å². The molecule has 28 heavy (non-hydrogen) atoms. The number of amides is 1. The first kappa shape index (κ1) is 20.3. The highest BCUT2D eigenvalue weighted by Crippen LogP contribution is 2.21. The topological polar surface area (TPSA) is 58.6 Å². The van der Waals surface area contributed by atoms with E-state index in [1.165, 1.54) is 12.0 Å². The standard InChI is InChI=1S/C22H30N4O2/c1-17-23-13-20(14-24-17)22(27)25(2)15-18-7-6-11-26(16-18)12-10-19-8-4-5-9-21(19)28-3/h4-5,8-9,13-14,18H,6-7,10-12,15-16H2,1-3H3. The summed E-state index contributed by atoms with van der Waals surface area (Å²) in [6.07, 6.45) is 6.54. The third kappa shape index (κ3) is 5.29. The van der Waals surface area contributed by atoms with E-state index in [-0.39, 0.29) is 5.91 Å². The number of carbonyl (C=O) groups is 1. The van der Waals surface area contributed by atoms with E-state index in [4.69, 9.17) is 4.74 Å². The summed E-state index contributed by atoms with van der Waals surface area (Å²) in [6, 6.07) is 8.22. The van der Waals surface area contributed by atoms with Crippen molar-refractivity contribution in [3.63, 3.8) is 0 Å². The molecule has 2 heterocycles. The molecule has 1 fully saturated rings. The maximum absolute atomic E-state index is 12.6. The van der Waals surface area contributed by atoms with Gasteiger partial charge in [0.15, 0.2) is 0 Å². The predicted molar refractivity (Wildman–Crippen MR) is 110 cm³/mol. The van der Waals surface area contributed by atoms with Crippen LogP contribution in [-0.2, 0) is 6.42 Å². The van der Waals surface area contributed by atoms with Crippen LogP contribution in [0.25, 0.3) is 0 Å². The number of likely N-dealkylation sites (tertiary alicyclic amines) is 1. The summed E-state index contributed by atoms with van der Waals surface area (Å²) in [5.74, 6) is 2.12. The quantitative estimate of drug-likeness (QED) is 0.737. The van der Waals surface area contributed by atoms with Gasteiger partial charge < -0.3 is 14.5 Å². The molecule has 6 heteroatoms. The second-order valence-corrected chi connectivity index (χ2v) is 7.58. The minimum atomic E-state index is -0.00820. The molecule has 0 saturated carbocycles. The molecule has 1 aromatic heterocycles. The van der Waals surface area contributed by atoms with Crippen molar-refractivity contribution in [2.75, 3.05) is 40.3 Å². The number of aromatic nitrogens is 2. The highest BCUT2D eigenvalue weighted by atomic mass is 16.5. The second-order valence-electron chi connectivity index (χ2n) is 7.58. The Morgan fingerprint density at radius 1 is 1.29 bits per heavy atom. The molecule has 0 bridgehead atoms. The first-order valence-corrected chi connectivity index (χ1v) is 9.95. The Kier molecular flexibility index (Phi) is 6.98. The molecule has 1 unspecified atom stereocenters. The molecular weight excluding hydrogens is 352 g/mol. The van der Waals surface area contributed by atoms with Crippen LogP contribution < -0.4 is 4.74 Å². The normalized spacial score (nSPS) is 17.3. The number of hydrogen-bond donors (Lipinski definition) is 0. The first-order valence-electron chi connectivity index (χ1n) is 9.95. The molecule has 6 nitrogen and oxygen atoms in total. The van der Waals surface area contributed by atoms with Crippen molar-refractivity contribution >= 4 is 5.91 Å². The van der Waals surface area contributed by atoms with Crippen LogP contribution in [-0.4, -0.2) is 66.0 Å². The maximum Gasteiger partial charge on any atom is 0.256 e. The van der Waals surface area contributed by atoms with Gasteiger partial charge >= 0.3 is 0 Å². The van der Waals surface area contributed by atoms with E-state index in [1.807, 2.05) is 31.0 Å². The third-order valence-corrected chi connectivity index (χ3v) is 5.40. The van der Waals surface area contributed by atoms with Gasteiger partial charge in [-0.25, -0.2) is 9.97 Å². The lowest BCUT2D eigenvalue weighted by Crippen LogP contribution is -2.42. The third-order valence-electron chi connectivity index (χ3n) is 5.40. The lowest BCUT2D eigenvalue weighted by molar-refractivity contribution is 0.0729. The SMILES string of the molecule is COc1ccccc1CCN1CCCC(CN(C)C(=O)c2cnc(C)nc2)C1. The summed E-state index contributed by atoms with van der Waals surface area (Å²) < 4.78 is 5.46. The number of nitrogens with zero attached hydrogens (tertiary/aromatic N) is 4. The van der Waals surface area contributed by atoms with Gasteiger partial charge in [0.1, 0.15) is 11.6 Å². The van der Waals surface area contributed by atoms with E-state index < -0.39 is 0 Å². The molecular formula is C22H30N4O2. The van der Waals surface area contributed by atoms with Gasteiger partial charge in [-0.15, -0.1) is 0 Å². The number of hydrogen-bond acceptors (Lipinski definition) is 5. The zero-order chi connectivity index (χ0) is 19.9. The highest BCUT2D eigenvalue weighted by molar-refractivity contribution is 5.93. The van der Waals surface area contributed by atoms with Crippen LogP contribution >= 0.6 is 0 Å². The Morgan fingerprint density at radius 3 is 2.79 bits per heavy atom. The summed E-state index contributed by atoms with van der Waals surface area (Å²) in [5.41, 5.74) is 1.80. The van der Waals surface area contributed by atoms with Crippen molar-refractivity contribution in [3.05, 3.63) is 53.6 Å². The van der Waals surface area contributed by atoms with Gasteiger partial charge in [-0.3, -0.25) is 4.79 Å². The fourth-order valence-electron chi connectivity index (χ4n) is 3.89. The molecule has 0 radical (unpaired) electrons. The largest absolute Gasteiger partial charge is 0.496 e. The van der Waals surface area contributed by atoms with E-state index in [9.17, 15) is 4.79 Å². The number of benzene rings is 1. The zero-order valence-corrected chi connectivity index (χ0v) is 17.1. The molecule has 0 aliphatic carbocycles. The molecule has 1 atom stereocenters. The molecule has 1 amide bonds. The van der Waals surface area contributed by atoms with Crippen molar-refractivity contribution in [2.24, 2.45) is 5.92 Å². The Bertz CT molecular complexity index is 778. The fourth-order valence-corrected chi connectivity index (χ4v) is 3.89. The molecule has 1 aliphatic rings. The van der Waals surface area contributed by atoms with E-state index in [0.29, 0.717) is 17.3 Å². The molecule has 3 rings (SSSR count). The van der Waals surface area contributed by atoms with Gasteiger partial charge in [0.2, 0.25) is 0 Å². The number of piperidine rings is 1. The first-order chi connectivity index (χ1) is 13.6. The Morgan fingerprint density at radius 2 is 2.04 bits per heavy atom. The average molecular weight is 383 g/mol. The summed E-state index contributed by atoms with van der Waals surface area (Å²) in [4.78, 5) is 25.2. The molecule has 1 aliphatic heterocycles. The summed E-state index contributed by atoms with van der Waals surface area (Å²) in [7, 11) is 3.59. The summed E-state index contributed by atoms with van der Waals surface area (Å²) in [6.45, 7) is 5.74. The lowest BCUT2D eigenvalue weighted by Gasteiger charge is -2.34. The zero-order valence-electron chi connectivity index (χ0n) is 17.1. The molecule has 1 aromatic carbocycles. The van der Waals surface area contributed by atoms with Crippen LogP contribution in [0.1, 0.15) is 34.6 Å². The van der Waals surface area contributed by atoms with Crippen LogP contribution in [0.2, 0.25) is 0 Å². The molecule has 2 aromatic rings. The molecule has 1 saturated heterocycles. The summed E-state index contributed by atoms with van der Waals surface area (Å²) >= 11 is 0. The van der Waals surface area contributed by atoms with E-state index in [0.717, 1.165) is 44.8 Å². The number of para-hydroxylation sites is 1. The second kappa shape index (κ2) is 9.64. The Hall–Kier alpha value is -2.47. The van der Waals surface area contributed by atoms with Crippen molar-refractivity contribution in [3.8, 4) is 5.75 Å². The van der Waals surface area contributed by atoms with Crippen LogP contribution in [0.4, 0.5) is 0 Å². The van der Waals surface area contributed by atoms with Gasteiger partial charge in [-0.05, 0) is 50.3 Å². The number of ether oxygens (including phenoxy) is 1. The Balaban J connectivity index is 1.51. The van der Waals surface area contributed by atoms with Gasteiger partial charge in [0.25, 0.3) is 5.91 Å². The van der Waals surface area contributed by atoms with Crippen molar-refractivity contribution in [1.82, 2.24) is 19.8 Å².